The van der Waals surface area contributed by atoms with Gasteiger partial charge in [0.05, 0.1) is 5.39 Å². The predicted octanol–water partition coefficient (Wildman–Crippen LogP) is 2.73. The van der Waals surface area contributed by atoms with Crippen molar-refractivity contribution in [2.75, 3.05) is 37.2 Å². The van der Waals surface area contributed by atoms with Gasteiger partial charge in [-0.1, -0.05) is 13.8 Å². The van der Waals surface area contributed by atoms with Crippen LogP contribution in [0.4, 0.5) is 11.8 Å². The molecule has 0 fully saturated rings. The van der Waals surface area contributed by atoms with E-state index in [4.69, 9.17) is 5.73 Å². The Morgan fingerprint density at radius 3 is 2.75 bits per heavy atom. The van der Waals surface area contributed by atoms with Gasteiger partial charge >= 0.3 is 0 Å². The lowest BCUT2D eigenvalue weighted by molar-refractivity contribution is 0.303. The fourth-order valence-corrected chi connectivity index (χ4v) is 3.13. The molecule has 0 aliphatic rings. The zero-order valence-corrected chi connectivity index (χ0v) is 13.3. The molecule has 0 radical (unpaired) electrons. The van der Waals surface area contributed by atoms with E-state index >= 15 is 0 Å². The molecule has 0 saturated heterocycles. The van der Waals surface area contributed by atoms with Crippen molar-refractivity contribution in [3.05, 3.63) is 10.9 Å². The molecule has 0 aliphatic heterocycles. The van der Waals surface area contributed by atoms with Gasteiger partial charge in [-0.15, -0.1) is 11.3 Å². The zero-order valence-electron chi connectivity index (χ0n) is 12.4. The number of hydrogen-bond donors (Lipinski definition) is 2. The quantitative estimate of drug-likeness (QED) is 0.768. The van der Waals surface area contributed by atoms with Crippen LogP contribution in [0.2, 0.25) is 0 Å². The second kappa shape index (κ2) is 6.85. The van der Waals surface area contributed by atoms with Crippen LogP contribution < -0.4 is 11.1 Å². The molecule has 110 valence electrons. The maximum absolute atomic E-state index is 5.77. The molecule has 3 N–H and O–H groups in total. The Bertz CT molecular complexity index is 562. The van der Waals surface area contributed by atoms with Crippen LogP contribution in [0.5, 0.6) is 0 Å². The van der Waals surface area contributed by atoms with E-state index in [9.17, 15) is 0 Å². The van der Waals surface area contributed by atoms with Crippen LogP contribution in [0, 0.1) is 6.92 Å². The summed E-state index contributed by atoms with van der Waals surface area (Å²) >= 11 is 1.65. The van der Waals surface area contributed by atoms with Crippen LogP contribution in [0.1, 0.15) is 25.1 Å². The molecular formula is C14H23N5S. The van der Waals surface area contributed by atoms with Gasteiger partial charge in [-0.05, 0) is 39.0 Å². The Labute approximate surface area is 124 Å². The van der Waals surface area contributed by atoms with Gasteiger partial charge in [-0.25, -0.2) is 4.98 Å². The summed E-state index contributed by atoms with van der Waals surface area (Å²) < 4.78 is 0. The molecule has 5 nitrogen and oxygen atoms in total. The van der Waals surface area contributed by atoms with Crippen LogP contribution in [-0.2, 0) is 0 Å². The summed E-state index contributed by atoms with van der Waals surface area (Å²) in [6, 6.07) is 2.12. The average molecular weight is 293 g/mol. The lowest BCUT2D eigenvalue weighted by Crippen LogP contribution is -2.25. The monoisotopic (exact) mass is 293 g/mol. The summed E-state index contributed by atoms with van der Waals surface area (Å²) in [5.41, 5.74) is 5.77. The topological polar surface area (TPSA) is 67.1 Å². The van der Waals surface area contributed by atoms with E-state index in [1.165, 1.54) is 4.88 Å². The third kappa shape index (κ3) is 3.58. The highest BCUT2D eigenvalue weighted by Crippen LogP contribution is 2.28. The maximum Gasteiger partial charge on any atom is 0.223 e. The number of nitrogens with two attached hydrogens (primary N) is 1. The Hall–Kier alpha value is -1.40. The van der Waals surface area contributed by atoms with Crippen molar-refractivity contribution in [3.8, 4) is 0 Å². The first-order valence-electron chi connectivity index (χ1n) is 7.14. The number of aryl methyl sites for hydroxylation is 1. The van der Waals surface area contributed by atoms with Crippen molar-refractivity contribution in [1.82, 2.24) is 14.9 Å². The highest BCUT2D eigenvalue weighted by Gasteiger charge is 2.09. The number of nitrogens with zero attached hydrogens (tertiary/aromatic N) is 3. The van der Waals surface area contributed by atoms with Gasteiger partial charge in [-0.3, -0.25) is 0 Å². The van der Waals surface area contributed by atoms with Gasteiger partial charge in [-0.2, -0.15) is 4.98 Å². The molecule has 0 aromatic carbocycles. The third-order valence-electron chi connectivity index (χ3n) is 3.37. The van der Waals surface area contributed by atoms with Gasteiger partial charge in [0.1, 0.15) is 10.6 Å². The van der Waals surface area contributed by atoms with Crippen LogP contribution in [-0.4, -0.2) is 41.0 Å². The van der Waals surface area contributed by atoms with Gasteiger partial charge < -0.3 is 16.0 Å². The number of rotatable bonds is 7. The van der Waals surface area contributed by atoms with Crippen LogP contribution >= 0.6 is 11.3 Å². The Morgan fingerprint density at radius 1 is 1.30 bits per heavy atom. The van der Waals surface area contributed by atoms with E-state index in [0.29, 0.717) is 5.95 Å². The van der Waals surface area contributed by atoms with E-state index in [0.717, 1.165) is 48.6 Å². The summed E-state index contributed by atoms with van der Waals surface area (Å²) in [7, 11) is 0. The lowest BCUT2D eigenvalue weighted by Gasteiger charge is -2.17. The fraction of sp³-hybridized carbons (Fsp3) is 0.571. The Morgan fingerprint density at radius 2 is 2.05 bits per heavy atom. The summed E-state index contributed by atoms with van der Waals surface area (Å²) in [4.78, 5) is 13.2. The fourth-order valence-electron chi connectivity index (χ4n) is 2.24. The van der Waals surface area contributed by atoms with Crippen LogP contribution in [0.25, 0.3) is 10.2 Å². The SMILES string of the molecule is CCN(CC)CCCNc1nc(N)nc2sc(C)cc12. The largest absolute Gasteiger partial charge is 0.369 e. The molecule has 6 heteroatoms. The molecule has 2 rings (SSSR count). The summed E-state index contributed by atoms with van der Waals surface area (Å²) in [5.74, 6) is 1.20. The van der Waals surface area contributed by atoms with E-state index in [1.54, 1.807) is 11.3 Å². The first-order chi connectivity index (χ1) is 9.63. The minimum Gasteiger partial charge on any atom is -0.369 e. The summed E-state index contributed by atoms with van der Waals surface area (Å²) in [5, 5.41) is 4.47. The number of thiophene rings is 1. The standard InChI is InChI=1S/C14H23N5S/c1-4-19(5-2)8-6-7-16-12-11-9-10(3)20-13(11)18-14(15)17-12/h9H,4-8H2,1-3H3,(H3,15,16,17,18). The van der Waals surface area contributed by atoms with Crippen LogP contribution in [0.3, 0.4) is 0 Å². The molecule has 0 aliphatic carbocycles. The molecule has 20 heavy (non-hydrogen) atoms. The third-order valence-corrected chi connectivity index (χ3v) is 4.32. The van der Waals surface area contributed by atoms with Crippen molar-refractivity contribution >= 4 is 33.3 Å². The van der Waals surface area contributed by atoms with Gasteiger partial charge in [0, 0.05) is 11.4 Å². The maximum atomic E-state index is 5.77. The van der Waals surface area contributed by atoms with Crippen molar-refractivity contribution < 1.29 is 0 Å². The van der Waals surface area contributed by atoms with E-state index in [-0.39, 0.29) is 0 Å². The average Bonchev–Trinajstić information content (AvgIpc) is 2.79. The number of fused-ring (bicyclic) bond motifs is 1. The number of aromatic nitrogens is 2. The minimum absolute atomic E-state index is 0.339. The number of nitrogen functional groups attached to an aromatic ring is 1. The van der Waals surface area contributed by atoms with Gasteiger partial charge in [0.25, 0.3) is 0 Å². The van der Waals surface area contributed by atoms with Gasteiger partial charge in [0.15, 0.2) is 0 Å². The lowest BCUT2D eigenvalue weighted by atomic mass is 10.3. The Kier molecular flexibility index (Phi) is 5.14. The van der Waals surface area contributed by atoms with E-state index in [1.807, 2.05) is 0 Å². The molecule has 0 unspecified atom stereocenters. The minimum atomic E-state index is 0.339. The number of nitrogens with one attached hydrogen (secondary N) is 1. The Balaban J connectivity index is 1.99. The summed E-state index contributed by atoms with van der Waals surface area (Å²) in [6.07, 6.45) is 1.09. The highest BCUT2D eigenvalue weighted by atomic mass is 32.1. The smallest absolute Gasteiger partial charge is 0.223 e. The molecule has 0 atom stereocenters. The number of hydrogen-bond acceptors (Lipinski definition) is 6. The van der Waals surface area contributed by atoms with Crippen molar-refractivity contribution in [3.63, 3.8) is 0 Å². The second-order valence-electron chi connectivity index (χ2n) is 4.81. The number of anilines is 2. The molecule has 2 heterocycles. The van der Waals surface area contributed by atoms with E-state index in [2.05, 4.69) is 47.0 Å². The van der Waals surface area contributed by atoms with E-state index < -0.39 is 0 Å². The molecule has 2 aromatic heterocycles. The van der Waals surface area contributed by atoms with Crippen LogP contribution in [0.15, 0.2) is 6.07 Å². The van der Waals surface area contributed by atoms with Crippen molar-refractivity contribution in [1.29, 1.82) is 0 Å². The molecule has 0 saturated carbocycles. The van der Waals surface area contributed by atoms with Crippen molar-refractivity contribution in [2.24, 2.45) is 0 Å². The molecule has 0 amide bonds. The first-order valence-corrected chi connectivity index (χ1v) is 7.95. The van der Waals surface area contributed by atoms with Gasteiger partial charge in [0.2, 0.25) is 5.95 Å². The highest BCUT2D eigenvalue weighted by molar-refractivity contribution is 7.18. The molecule has 0 spiro atoms. The predicted molar refractivity (Wildman–Crippen MR) is 87.5 cm³/mol. The summed E-state index contributed by atoms with van der Waals surface area (Å²) in [6.45, 7) is 10.7. The normalized spacial score (nSPS) is 11.4. The molecular weight excluding hydrogens is 270 g/mol. The molecule has 0 bridgehead atoms. The molecule has 2 aromatic rings. The second-order valence-corrected chi connectivity index (χ2v) is 6.05. The zero-order chi connectivity index (χ0) is 14.5. The first kappa shape index (κ1) is 15.0. The van der Waals surface area contributed by atoms with Crippen molar-refractivity contribution in [2.45, 2.75) is 27.2 Å².